The molecule has 4 aromatic rings. The second kappa shape index (κ2) is 14.3. The average Bonchev–Trinajstić information content (AvgIpc) is 3.55. The van der Waals surface area contributed by atoms with E-state index in [1.54, 1.807) is 31.4 Å². The smallest absolute Gasteiger partial charge is 0.326 e. The number of para-hydroxylation sites is 2. The highest BCUT2D eigenvalue weighted by Crippen LogP contribution is 2.28. The van der Waals surface area contributed by atoms with Gasteiger partial charge in [0.25, 0.3) is 11.8 Å². The highest BCUT2D eigenvalue weighted by molar-refractivity contribution is 6.01. The van der Waals surface area contributed by atoms with Gasteiger partial charge in [-0.3, -0.25) is 9.59 Å². The predicted molar refractivity (Wildman–Crippen MR) is 165 cm³/mol. The number of ether oxygens (including phenoxy) is 3. The molecule has 10 nitrogen and oxygen atoms in total. The summed E-state index contributed by atoms with van der Waals surface area (Å²) in [7, 11) is 1.62. The molecule has 10 heteroatoms. The molecular weight excluding hydrogens is 562 g/mol. The highest BCUT2D eigenvalue weighted by Gasteiger charge is 2.42. The van der Waals surface area contributed by atoms with Crippen LogP contribution in [0.5, 0.6) is 5.75 Å². The fraction of sp³-hybridized carbons (Fsp3) is 0.206. The van der Waals surface area contributed by atoms with Crippen molar-refractivity contribution in [3.63, 3.8) is 0 Å². The second-order valence-corrected chi connectivity index (χ2v) is 10.2. The fourth-order valence-electron chi connectivity index (χ4n) is 4.95. The van der Waals surface area contributed by atoms with Gasteiger partial charge in [0.2, 0.25) is 0 Å². The lowest BCUT2D eigenvalue weighted by atomic mass is 10.0. The van der Waals surface area contributed by atoms with E-state index in [1.807, 2.05) is 78.9 Å². The first-order valence-corrected chi connectivity index (χ1v) is 14.1. The number of amides is 2. The van der Waals surface area contributed by atoms with Gasteiger partial charge in [0.1, 0.15) is 18.6 Å². The Morgan fingerprint density at radius 3 is 2.23 bits per heavy atom. The van der Waals surface area contributed by atoms with Crippen molar-refractivity contribution in [1.82, 2.24) is 5.32 Å². The molecule has 0 aliphatic carbocycles. The van der Waals surface area contributed by atoms with Gasteiger partial charge in [-0.15, -0.1) is 0 Å². The summed E-state index contributed by atoms with van der Waals surface area (Å²) in [6, 6.07) is 30.6. The Hall–Kier alpha value is -5.19. The number of carbonyl (C=O) groups is 3. The van der Waals surface area contributed by atoms with Gasteiger partial charge in [-0.25, -0.2) is 4.79 Å². The maximum Gasteiger partial charge on any atom is 0.326 e. The standard InChI is InChI=1S/C34H33N3O7/c1-42-29-14-8-5-11-24(29)20-35-25-17-15-22(16-18-25)19-28(34(40)41)37-33(39)31-30(43-21-44-31)32(38)36-27-13-7-6-12-26(27)23-9-3-2-4-10-23/h2-18,28,30-31,35H,19-21H2,1H3,(H,36,38)(H,37,39)(H,40,41)/t28-,30+,31+/m0/s1. The maximum absolute atomic E-state index is 13.2. The SMILES string of the molecule is COc1ccccc1CNc1ccc(C[C@H](NC(=O)[C@@H]2OCO[C@H]2C(=O)Nc2ccccc2-c2ccccc2)C(=O)O)cc1. The van der Waals surface area contributed by atoms with Gasteiger partial charge in [-0.05, 0) is 35.4 Å². The molecule has 0 unspecified atom stereocenters. The van der Waals surface area contributed by atoms with Crippen molar-refractivity contribution in [2.24, 2.45) is 0 Å². The number of methoxy groups -OCH3 is 1. The first-order chi connectivity index (χ1) is 21.4. The van der Waals surface area contributed by atoms with Crippen molar-refractivity contribution in [3.05, 3.63) is 114 Å². The minimum Gasteiger partial charge on any atom is -0.496 e. The Kier molecular flexibility index (Phi) is 9.85. The zero-order chi connectivity index (χ0) is 30.9. The van der Waals surface area contributed by atoms with Crippen LogP contribution in [0.2, 0.25) is 0 Å². The quantitative estimate of drug-likeness (QED) is 0.189. The molecular formula is C34H33N3O7. The number of aliphatic carboxylic acids is 1. The van der Waals surface area contributed by atoms with Crippen LogP contribution in [0.15, 0.2) is 103 Å². The number of benzene rings is 4. The molecule has 0 bridgehead atoms. The van der Waals surface area contributed by atoms with E-state index in [2.05, 4.69) is 16.0 Å². The number of anilines is 2. The van der Waals surface area contributed by atoms with E-state index in [0.717, 1.165) is 28.1 Å². The van der Waals surface area contributed by atoms with Crippen molar-refractivity contribution in [2.75, 3.05) is 24.5 Å². The highest BCUT2D eigenvalue weighted by atomic mass is 16.7. The summed E-state index contributed by atoms with van der Waals surface area (Å²) in [5, 5.41) is 18.5. The molecule has 1 aliphatic heterocycles. The summed E-state index contributed by atoms with van der Waals surface area (Å²) in [4.78, 5) is 38.4. The summed E-state index contributed by atoms with van der Waals surface area (Å²) in [6.45, 7) is 0.269. The third kappa shape index (κ3) is 7.41. The van der Waals surface area contributed by atoms with Gasteiger partial charge in [-0.2, -0.15) is 0 Å². The number of nitrogens with one attached hydrogen (secondary N) is 3. The zero-order valence-corrected chi connectivity index (χ0v) is 24.1. The number of carboxylic acid groups (broad SMARTS) is 1. The van der Waals surface area contributed by atoms with Crippen LogP contribution in [-0.2, 0) is 36.8 Å². The van der Waals surface area contributed by atoms with Crippen LogP contribution in [0, 0.1) is 0 Å². The molecule has 0 aromatic heterocycles. The van der Waals surface area contributed by atoms with Crippen molar-refractivity contribution in [2.45, 2.75) is 31.2 Å². The third-order valence-corrected chi connectivity index (χ3v) is 7.24. The third-order valence-electron chi connectivity index (χ3n) is 7.24. The Morgan fingerprint density at radius 2 is 1.50 bits per heavy atom. The van der Waals surface area contributed by atoms with Crippen LogP contribution in [0.3, 0.4) is 0 Å². The predicted octanol–water partition coefficient (Wildman–Crippen LogP) is 4.47. The summed E-state index contributed by atoms with van der Waals surface area (Å²) < 4.78 is 16.3. The van der Waals surface area contributed by atoms with Crippen LogP contribution in [0.25, 0.3) is 11.1 Å². The molecule has 5 rings (SSSR count). The minimum atomic E-state index is -1.32. The number of carbonyl (C=O) groups excluding carboxylic acids is 2. The average molecular weight is 596 g/mol. The Bertz CT molecular complexity index is 1590. The van der Waals surface area contributed by atoms with E-state index in [0.29, 0.717) is 17.8 Å². The first-order valence-electron chi connectivity index (χ1n) is 14.1. The summed E-state index contributed by atoms with van der Waals surface area (Å²) >= 11 is 0. The number of rotatable bonds is 12. The van der Waals surface area contributed by atoms with Crippen molar-refractivity contribution in [1.29, 1.82) is 0 Å². The molecule has 4 aromatic carbocycles. The molecule has 1 aliphatic rings. The normalized spacial score (nSPS) is 16.5. The monoisotopic (exact) mass is 595 g/mol. The van der Waals surface area contributed by atoms with E-state index in [4.69, 9.17) is 14.2 Å². The number of hydrogen-bond acceptors (Lipinski definition) is 7. The molecule has 4 N–H and O–H groups in total. The minimum absolute atomic E-state index is 0.0305. The van der Waals surface area contributed by atoms with E-state index in [9.17, 15) is 19.5 Å². The largest absolute Gasteiger partial charge is 0.496 e. The van der Waals surface area contributed by atoms with Gasteiger partial charge in [0.15, 0.2) is 12.2 Å². The molecule has 1 heterocycles. The van der Waals surface area contributed by atoms with Crippen LogP contribution >= 0.6 is 0 Å². The van der Waals surface area contributed by atoms with Gasteiger partial charge < -0.3 is 35.3 Å². The van der Waals surface area contributed by atoms with Gasteiger partial charge >= 0.3 is 5.97 Å². The fourth-order valence-corrected chi connectivity index (χ4v) is 4.95. The second-order valence-electron chi connectivity index (χ2n) is 10.2. The van der Waals surface area contributed by atoms with E-state index >= 15 is 0 Å². The van der Waals surface area contributed by atoms with Crippen LogP contribution in [-0.4, -0.2) is 55.0 Å². The molecule has 226 valence electrons. The molecule has 1 saturated heterocycles. The van der Waals surface area contributed by atoms with Gasteiger partial charge in [0.05, 0.1) is 7.11 Å². The summed E-state index contributed by atoms with van der Waals surface area (Å²) in [6.07, 6.45) is -2.55. The Morgan fingerprint density at radius 1 is 0.841 bits per heavy atom. The lowest BCUT2D eigenvalue weighted by Crippen LogP contribution is -2.51. The molecule has 1 fully saturated rings. The van der Waals surface area contributed by atoms with Crippen molar-refractivity contribution in [3.8, 4) is 16.9 Å². The number of hydrogen-bond donors (Lipinski definition) is 4. The van der Waals surface area contributed by atoms with Crippen LogP contribution < -0.4 is 20.7 Å². The zero-order valence-electron chi connectivity index (χ0n) is 24.1. The van der Waals surface area contributed by atoms with Crippen molar-refractivity contribution >= 4 is 29.2 Å². The Labute approximate surface area is 255 Å². The molecule has 0 spiro atoms. The van der Waals surface area contributed by atoms with Crippen LogP contribution in [0.1, 0.15) is 11.1 Å². The summed E-state index contributed by atoms with van der Waals surface area (Å²) in [5.74, 6) is -1.76. The van der Waals surface area contributed by atoms with Gasteiger partial charge in [-0.1, -0.05) is 78.9 Å². The molecule has 44 heavy (non-hydrogen) atoms. The maximum atomic E-state index is 13.2. The van der Waals surface area contributed by atoms with E-state index in [-0.39, 0.29) is 13.2 Å². The topological polar surface area (TPSA) is 135 Å². The van der Waals surface area contributed by atoms with E-state index < -0.39 is 36.0 Å². The van der Waals surface area contributed by atoms with E-state index in [1.165, 1.54) is 0 Å². The number of carboxylic acids is 1. The first kappa shape index (κ1) is 30.3. The molecule has 3 atom stereocenters. The van der Waals surface area contributed by atoms with Crippen LogP contribution in [0.4, 0.5) is 11.4 Å². The van der Waals surface area contributed by atoms with Gasteiger partial charge in [0, 0.05) is 35.5 Å². The lowest BCUT2D eigenvalue weighted by Gasteiger charge is -2.20. The summed E-state index contributed by atoms with van der Waals surface area (Å²) in [5.41, 5.74) is 4.80. The molecule has 0 radical (unpaired) electrons. The molecule has 2 amide bonds. The Balaban J connectivity index is 1.19. The molecule has 0 saturated carbocycles. The van der Waals surface area contributed by atoms with Crippen molar-refractivity contribution < 1.29 is 33.7 Å². The lowest BCUT2D eigenvalue weighted by molar-refractivity contribution is -0.144.